The number of rotatable bonds is 3. The van der Waals surface area contributed by atoms with E-state index in [4.69, 9.17) is 27.9 Å². The zero-order valence-electron chi connectivity index (χ0n) is 8.99. The van der Waals surface area contributed by atoms with Gasteiger partial charge in [0.15, 0.2) is 0 Å². The Labute approximate surface area is 105 Å². The van der Waals surface area contributed by atoms with Crippen LogP contribution in [0.1, 0.15) is 0 Å². The van der Waals surface area contributed by atoms with Crippen molar-refractivity contribution >= 4 is 33.2 Å². The van der Waals surface area contributed by atoms with Gasteiger partial charge in [0.05, 0.1) is 17.2 Å². The highest BCUT2D eigenvalue weighted by Gasteiger charge is 2.22. The summed E-state index contributed by atoms with van der Waals surface area (Å²) >= 11 is 11.7. The van der Waals surface area contributed by atoms with E-state index in [0.29, 0.717) is 5.75 Å². The molecule has 0 unspecified atom stereocenters. The Kier molecular flexibility index (Phi) is 4.07. The van der Waals surface area contributed by atoms with Crippen LogP contribution in [0.4, 0.5) is 0 Å². The number of methoxy groups -OCH3 is 1. The minimum Gasteiger partial charge on any atom is -0.495 e. The molecule has 0 spiro atoms. The summed E-state index contributed by atoms with van der Waals surface area (Å²) in [5.74, 6) is 0.337. The predicted molar refractivity (Wildman–Crippen MR) is 63.9 cm³/mol. The molecular weight excluding hydrogens is 273 g/mol. The highest BCUT2D eigenvalue weighted by atomic mass is 35.5. The number of hydrogen-bond acceptors (Lipinski definition) is 3. The highest BCUT2D eigenvalue weighted by molar-refractivity contribution is 7.89. The first kappa shape index (κ1) is 13.6. The molecular formula is C9H11Cl2NO3S. The van der Waals surface area contributed by atoms with Crippen LogP contribution in [0.2, 0.25) is 10.0 Å². The molecule has 4 nitrogen and oxygen atoms in total. The van der Waals surface area contributed by atoms with Crippen molar-refractivity contribution in [1.82, 2.24) is 4.31 Å². The zero-order valence-corrected chi connectivity index (χ0v) is 11.3. The topological polar surface area (TPSA) is 46.6 Å². The second-order valence-electron chi connectivity index (χ2n) is 3.20. The van der Waals surface area contributed by atoms with E-state index in [9.17, 15) is 8.42 Å². The smallest absolute Gasteiger partial charge is 0.244 e. The van der Waals surface area contributed by atoms with E-state index in [1.54, 1.807) is 0 Å². The van der Waals surface area contributed by atoms with E-state index < -0.39 is 10.0 Å². The normalized spacial score (nSPS) is 11.9. The maximum atomic E-state index is 11.8. The fourth-order valence-electron chi connectivity index (χ4n) is 1.06. The molecule has 7 heteroatoms. The van der Waals surface area contributed by atoms with Crippen molar-refractivity contribution in [2.24, 2.45) is 0 Å². The molecule has 0 saturated heterocycles. The Morgan fingerprint density at radius 2 is 1.75 bits per heavy atom. The Bertz CT molecular complexity index is 500. The monoisotopic (exact) mass is 283 g/mol. The number of halogens is 2. The summed E-state index contributed by atoms with van der Waals surface area (Å²) in [6.45, 7) is 0. The van der Waals surface area contributed by atoms with E-state index in [1.165, 1.54) is 33.3 Å². The standard InChI is InChI=1S/C9H11Cl2NO3S/c1-12(2)16(13,14)9-5-6(10)8(15-3)4-7(9)11/h4-5H,1-3H3. The van der Waals surface area contributed by atoms with Crippen molar-refractivity contribution in [1.29, 1.82) is 0 Å². The van der Waals surface area contributed by atoms with Gasteiger partial charge in [-0.2, -0.15) is 0 Å². The van der Waals surface area contributed by atoms with Crippen LogP contribution in [-0.2, 0) is 10.0 Å². The third-order valence-electron chi connectivity index (χ3n) is 1.96. The van der Waals surface area contributed by atoms with Gasteiger partial charge in [-0.15, -0.1) is 0 Å². The molecule has 0 bridgehead atoms. The number of ether oxygens (including phenoxy) is 1. The van der Waals surface area contributed by atoms with Gasteiger partial charge >= 0.3 is 0 Å². The molecule has 0 atom stereocenters. The molecule has 0 amide bonds. The molecule has 1 aromatic carbocycles. The summed E-state index contributed by atoms with van der Waals surface area (Å²) in [5, 5.41) is 0.280. The summed E-state index contributed by atoms with van der Waals surface area (Å²) < 4.78 is 29.7. The third kappa shape index (κ3) is 2.43. The van der Waals surface area contributed by atoms with Gasteiger partial charge in [-0.1, -0.05) is 23.2 Å². The lowest BCUT2D eigenvalue weighted by atomic mass is 10.3. The summed E-state index contributed by atoms with van der Waals surface area (Å²) in [6.07, 6.45) is 0. The highest BCUT2D eigenvalue weighted by Crippen LogP contribution is 2.34. The maximum absolute atomic E-state index is 11.8. The lowest BCUT2D eigenvalue weighted by Crippen LogP contribution is -2.22. The van der Waals surface area contributed by atoms with Gasteiger partial charge < -0.3 is 4.74 Å². The largest absolute Gasteiger partial charge is 0.495 e. The predicted octanol–water partition coefficient (Wildman–Crippen LogP) is 2.25. The Balaban J connectivity index is 3.44. The molecule has 0 radical (unpaired) electrons. The van der Waals surface area contributed by atoms with Gasteiger partial charge in [-0.05, 0) is 6.07 Å². The first-order valence-electron chi connectivity index (χ1n) is 4.26. The Morgan fingerprint density at radius 3 is 2.19 bits per heavy atom. The quantitative estimate of drug-likeness (QED) is 0.855. The summed E-state index contributed by atoms with van der Waals surface area (Å²) in [5.41, 5.74) is 0. The van der Waals surface area contributed by atoms with Gasteiger partial charge in [0.25, 0.3) is 0 Å². The van der Waals surface area contributed by atoms with Crippen LogP contribution in [0.5, 0.6) is 5.75 Å². The number of sulfonamides is 1. The SMILES string of the molecule is COc1cc(Cl)c(S(=O)(=O)N(C)C)cc1Cl. The van der Waals surface area contributed by atoms with E-state index in [-0.39, 0.29) is 14.9 Å². The van der Waals surface area contributed by atoms with Crippen molar-refractivity contribution in [2.75, 3.05) is 21.2 Å². The molecule has 0 N–H and O–H groups in total. The molecule has 0 saturated carbocycles. The molecule has 0 heterocycles. The van der Waals surface area contributed by atoms with E-state index in [0.717, 1.165) is 4.31 Å². The van der Waals surface area contributed by atoms with E-state index in [1.807, 2.05) is 0 Å². The van der Waals surface area contributed by atoms with Crippen LogP contribution < -0.4 is 4.74 Å². The fraction of sp³-hybridized carbons (Fsp3) is 0.333. The van der Waals surface area contributed by atoms with Crippen molar-refractivity contribution in [3.05, 3.63) is 22.2 Å². The lowest BCUT2D eigenvalue weighted by molar-refractivity contribution is 0.414. The lowest BCUT2D eigenvalue weighted by Gasteiger charge is -2.14. The van der Waals surface area contributed by atoms with Crippen molar-refractivity contribution in [2.45, 2.75) is 4.90 Å². The van der Waals surface area contributed by atoms with Gasteiger partial charge in [-0.25, -0.2) is 12.7 Å². The average Bonchev–Trinajstić information content (AvgIpc) is 2.20. The molecule has 90 valence electrons. The van der Waals surface area contributed by atoms with E-state index in [2.05, 4.69) is 0 Å². The van der Waals surface area contributed by atoms with E-state index >= 15 is 0 Å². The summed E-state index contributed by atoms with van der Waals surface area (Å²) in [4.78, 5) is -0.0371. The molecule has 16 heavy (non-hydrogen) atoms. The molecule has 0 aromatic heterocycles. The molecule has 1 aromatic rings. The van der Waals surface area contributed by atoms with Crippen LogP contribution in [-0.4, -0.2) is 33.9 Å². The van der Waals surface area contributed by atoms with Crippen molar-refractivity contribution in [3.8, 4) is 5.75 Å². The zero-order chi connectivity index (χ0) is 12.5. The molecule has 0 aliphatic heterocycles. The van der Waals surface area contributed by atoms with Crippen LogP contribution in [0, 0.1) is 0 Å². The fourth-order valence-corrected chi connectivity index (χ4v) is 2.78. The van der Waals surface area contributed by atoms with Gasteiger partial charge in [0.1, 0.15) is 10.6 Å². The minimum atomic E-state index is -3.59. The van der Waals surface area contributed by atoms with Crippen LogP contribution in [0.15, 0.2) is 17.0 Å². The van der Waals surface area contributed by atoms with Crippen LogP contribution >= 0.6 is 23.2 Å². The number of nitrogens with zero attached hydrogens (tertiary/aromatic N) is 1. The summed E-state index contributed by atoms with van der Waals surface area (Å²) in [7, 11) is 0.675. The average molecular weight is 284 g/mol. The second-order valence-corrected chi connectivity index (χ2v) is 6.14. The summed E-state index contributed by atoms with van der Waals surface area (Å²) in [6, 6.07) is 2.65. The maximum Gasteiger partial charge on any atom is 0.244 e. The molecule has 0 aliphatic carbocycles. The molecule has 1 rings (SSSR count). The Hall–Kier alpha value is -0.490. The van der Waals surface area contributed by atoms with Crippen molar-refractivity contribution in [3.63, 3.8) is 0 Å². The second kappa shape index (κ2) is 4.79. The van der Waals surface area contributed by atoms with Gasteiger partial charge in [0, 0.05) is 20.2 Å². The first-order valence-corrected chi connectivity index (χ1v) is 6.46. The molecule has 0 fully saturated rings. The Morgan fingerprint density at radius 1 is 1.19 bits per heavy atom. The third-order valence-corrected chi connectivity index (χ3v) is 4.54. The van der Waals surface area contributed by atoms with Crippen LogP contribution in [0.3, 0.4) is 0 Å². The van der Waals surface area contributed by atoms with Crippen molar-refractivity contribution < 1.29 is 13.2 Å². The molecule has 0 aliphatic rings. The first-order chi connectivity index (χ1) is 7.30. The number of benzene rings is 1. The van der Waals surface area contributed by atoms with Crippen LogP contribution in [0.25, 0.3) is 0 Å². The van der Waals surface area contributed by atoms with Gasteiger partial charge in [-0.3, -0.25) is 0 Å². The number of hydrogen-bond donors (Lipinski definition) is 0. The minimum absolute atomic E-state index is 0.0371. The van der Waals surface area contributed by atoms with Gasteiger partial charge in [0.2, 0.25) is 10.0 Å².